The number of rotatable bonds is 4. The van der Waals surface area contributed by atoms with Gasteiger partial charge in [-0.3, -0.25) is 4.79 Å². The predicted molar refractivity (Wildman–Crippen MR) is 109 cm³/mol. The molecule has 1 amide bonds. The van der Waals surface area contributed by atoms with Crippen molar-refractivity contribution in [1.82, 2.24) is 18.4 Å². The number of fused-ring (bicyclic) bond motifs is 1. The Morgan fingerprint density at radius 1 is 1.04 bits per heavy atom. The minimum Gasteiger partial charge on any atom is -0.352 e. The first-order chi connectivity index (χ1) is 13.6. The number of hydrogen-bond acceptors (Lipinski definition) is 6. The van der Waals surface area contributed by atoms with Gasteiger partial charge in [-0.05, 0) is 37.8 Å². The van der Waals surface area contributed by atoms with Gasteiger partial charge in [0, 0.05) is 12.6 Å². The number of nitrogens with zero attached hydrogens (tertiary/aromatic N) is 3. The molecule has 1 aromatic heterocycles. The van der Waals surface area contributed by atoms with Crippen LogP contribution in [0, 0.1) is 0 Å². The van der Waals surface area contributed by atoms with E-state index in [4.69, 9.17) is 0 Å². The smallest absolute Gasteiger partial charge is 0.246 e. The van der Waals surface area contributed by atoms with Crippen LogP contribution < -0.4 is 5.32 Å². The number of amides is 1. The minimum absolute atomic E-state index is 0.143. The fourth-order valence-corrected chi connectivity index (χ4v) is 6.71. The number of carbonyl (C=O) groups excluding carboxylic acids is 1. The molecule has 1 atom stereocenters. The Morgan fingerprint density at radius 3 is 2.57 bits per heavy atom. The topological polar surface area (TPSA) is 92.3 Å². The van der Waals surface area contributed by atoms with Gasteiger partial charge < -0.3 is 5.32 Å². The first-order valence-corrected chi connectivity index (χ1v) is 12.3. The maximum absolute atomic E-state index is 13.3. The van der Waals surface area contributed by atoms with E-state index in [1.165, 1.54) is 23.6 Å². The van der Waals surface area contributed by atoms with Crippen molar-refractivity contribution in [3.8, 4) is 0 Å². The molecule has 0 radical (unpaired) electrons. The molecule has 0 spiro atoms. The van der Waals surface area contributed by atoms with Crippen molar-refractivity contribution in [1.29, 1.82) is 0 Å². The number of carbonyl (C=O) groups is 1. The summed E-state index contributed by atoms with van der Waals surface area (Å²) >= 11 is 0.997. The lowest BCUT2D eigenvalue weighted by atomic mass is 9.96. The van der Waals surface area contributed by atoms with Crippen molar-refractivity contribution in [2.24, 2.45) is 0 Å². The molecule has 1 N–H and O–H groups in total. The normalized spacial score (nSPS) is 22.8. The molecular formula is C19H26N4O3S2. The summed E-state index contributed by atoms with van der Waals surface area (Å²) in [6.07, 6.45) is 9.14. The molecule has 2 fully saturated rings. The number of hydrogen-bond donors (Lipinski definition) is 1. The lowest BCUT2D eigenvalue weighted by Crippen LogP contribution is -2.48. The van der Waals surface area contributed by atoms with Crippen LogP contribution in [-0.4, -0.2) is 46.0 Å². The molecule has 1 aromatic carbocycles. The summed E-state index contributed by atoms with van der Waals surface area (Å²) in [4.78, 5) is 13.1. The summed E-state index contributed by atoms with van der Waals surface area (Å²) in [6, 6.07) is 4.50. The number of benzene rings is 1. The molecule has 28 heavy (non-hydrogen) atoms. The zero-order chi connectivity index (χ0) is 19.6. The summed E-state index contributed by atoms with van der Waals surface area (Å²) in [6.45, 7) is 0.360. The monoisotopic (exact) mass is 422 g/mol. The number of sulfonamides is 1. The molecule has 9 heteroatoms. The van der Waals surface area contributed by atoms with E-state index in [9.17, 15) is 13.2 Å². The van der Waals surface area contributed by atoms with Crippen molar-refractivity contribution in [3.63, 3.8) is 0 Å². The Balaban J connectivity index is 1.54. The number of nitrogens with one attached hydrogen (secondary N) is 1. The Hall–Kier alpha value is -1.58. The maximum Gasteiger partial charge on any atom is 0.246 e. The molecule has 0 bridgehead atoms. The fraction of sp³-hybridized carbons (Fsp3) is 0.632. The Labute approximate surface area is 169 Å². The highest BCUT2D eigenvalue weighted by Gasteiger charge is 2.40. The van der Waals surface area contributed by atoms with Gasteiger partial charge in [0.2, 0.25) is 15.9 Å². The summed E-state index contributed by atoms with van der Waals surface area (Å²) in [5.41, 5.74) is 0.958. The third-order valence-electron chi connectivity index (χ3n) is 5.79. The molecule has 2 aromatic rings. The second-order valence-electron chi connectivity index (χ2n) is 7.71. The third kappa shape index (κ3) is 3.92. The first-order valence-electron chi connectivity index (χ1n) is 10.1. The van der Waals surface area contributed by atoms with Gasteiger partial charge in [-0.25, -0.2) is 8.42 Å². The Morgan fingerprint density at radius 2 is 1.79 bits per heavy atom. The molecule has 0 unspecified atom stereocenters. The highest BCUT2D eigenvalue weighted by Crippen LogP contribution is 2.30. The molecular weight excluding hydrogens is 396 g/mol. The Bertz CT molecular complexity index is 936. The van der Waals surface area contributed by atoms with Crippen molar-refractivity contribution in [2.75, 3.05) is 6.54 Å². The zero-order valence-corrected chi connectivity index (χ0v) is 17.5. The van der Waals surface area contributed by atoms with Crippen LogP contribution >= 0.6 is 11.7 Å². The van der Waals surface area contributed by atoms with Crippen LogP contribution in [-0.2, 0) is 14.8 Å². The maximum atomic E-state index is 13.3. The van der Waals surface area contributed by atoms with Gasteiger partial charge >= 0.3 is 0 Å². The van der Waals surface area contributed by atoms with Gasteiger partial charge in [0.15, 0.2) is 0 Å². The van der Waals surface area contributed by atoms with E-state index in [1.807, 2.05) is 0 Å². The molecule has 152 valence electrons. The lowest BCUT2D eigenvalue weighted by molar-refractivity contribution is -0.125. The summed E-state index contributed by atoms with van der Waals surface area (Å²) in [5.74, 6) is -0.157. The average molecular weight is 423 g/mol. The summed E-state index contributed by atoms with van der Waals surface area (Å²) in [5, 5.41) is 3.14. The molecule has 1 aliphatic carbocycles. The van der Waals surface area contributed by atoms with Crippen molar-refractivity contribution < 1.29 is 13.2 Å². The van der Waals surface area contributed by atoms with Crippen LogP contribution in [0.4, 0.5) is 0 Å². The van der Waals surface area contributed by atoms with Gasteiger partial charge in [-0.2, -0.15) is 13.1 Å². The van der Waals surface area contributed by atoms with E-state index in [0.29, 0.717) is 30.4 Å². The van der Waals surface area contributed by atoms with Gasteiger partial charge in [0.25, 0.3) is 0 Å². The van der Waals surface area contributed by atoms with Crippen molar-refractivity contribution in [2.45, 2.75) is 74.8 Å². The molecule has 1 aliphatic heterocycles. The second-order valence-corrected chi connectivity index (χ2v) is 10.1. The highest BCUT2D eigenvalue weighted by molar-refractivity contribution is 7.89. The fourth-order valence-electron chi connectivity index (χ4n) is 4.30. The van der Waals surface area contributed by atoms with Crippen LogP contribution in [0.15, 0.2) is 23.1 Å². The quantitative estimate of drug-likeness (QED) is 0.817. The van der Waals surface area contributed by atoms with E-state index in [-0.39, 0.29) is 16.8 Å². The van der Waals surface area contributed by atoms with E-state index in [2.05, 4.69) is 14.1 Å². The zero-order valence-electron chi connectivity index (χ0n) is 15.8. The predicted octanol–water partition coefficient (Wildman–Crippen LogP) is 3.07. The molecule has 1 saturated heterocycles. The van der Waals surface area contributed by atoms with Gasteiger partial charge in [-0.1, -0.05) is 38.2 Å². The van der Waals surface area contributed by atoms with Crippen LogP contribution in [0.25, 0.3) is 11.0 Å². The van der Waals surface area contributed by atoms with E-state index < -0.39 is 16.1 Å². The minimum atomic E-state index is -3.81. The summed E-state index contributed by atoms with van der Waals surface area (Å²) in [7, 11) is -3.81. The van der Waals surface area contributed by atoms with Crippen LogP contribution in [0.2, 0.25) is 0 Å². The molecule has 7 nitrogen and oxygen atoms in total. The van der Waals surface area contributed by atoms with E-state index >= 15 is 0 Å². The Kier molecular flexibility index (Phi) is 5.93. The largest absolute Gasteiger partial charge is 0.352 e. The van der Waals surface area contributed by atoms with Crippen molar-refractivity contribution in [3.05, 3.63) is 18.2 Å². The van der Waals surface area contributed by atoms with E-state index in [0.717, 1.165) is 37.4 Å². The van der Waals surface area contributed by atoms with Gasteiger partial charge in [-0.15, -0.1) is 0 Å². The van der Waals surface area contributed by atoms with Crippen molar-refractivity contribution >= 4 is 38.7 Å². The molecule has 2 aliphatic rings. The first kappa shape index (κ1) is 19.7. The van der Waals surface area contributed by atoms with E-state index in [1.54, 1.807) is 18.2 Å². The highest BCUT2D eigenvalue weighted by atomic mass is 32.2. The molecule has 4 rings (SSSR count). The lowest BCUT2D eigenvalue weighted by Gasteiger charge is -2.27. The van der Waals surface area contributed by atoms with Gasteiger partial charge in [0.1, 0.15) is 22.0 Å². The summed E-state index contributed by atoms with van der Waals surface area (Å²) < 4.78 is 36.3. The van der Waals surface area contributed by atoms with Crippen LogP contribution in [0.3, 0.4) is 0 Å². The molecule has 2 heterocycles. The SMILES string of the molecule is O=C(NC1CCCCCCC1)[C@H]1CCCN1S(=O)(=O)c1cccc2nsnc12. The standard InChI is InChI=1S/C19H26N4O3S2/c24-19(20-14-8-4-2-1-3-5-9-14)16-11-7-13-23(16)28(25,26)17-12-6-10-15-18(17)22-27-21-15/h6,10,12,14,16H,1-5,7-9,11,13H2,(H,20,24)/t16-/m1/s1. The molecule has 1 saturated carbocycles. The van der Waals surface area contributed by atoms with Gasteiger partial charge in [0.05, 0.1) is 11.7 Å². The third-order valence-corrected chi connectivity index (χ3v) is 8.28. The second kappa shape index (κ2) is 8.42. The van der Waals surface area contributed by atoms with Crippen LogP contribution in [0.1, 0.15) is 57.8 Å². The average Bonchev–Trinajstić information content (AvgIpc) is 3.32. The number of aromatic nitrogens is 2. The van der Waals surface area contributed by atoms with Crippen LogP contribution in [0.5, 0.6) is 0 Å².